The second-order valence-corrected chi connectivity index (χ2v) is 1.96. The van der Waals surface area contributed by atoms with Crippen LogP contribution in [0.4, 0.5) is 5.82 Å². The van der Waals surface area contributed by atoms with Crippen molar-refractivity contribution >= 4 is 16.9 Å². The SMILES string of the molecule is Nc1ccc2nocc2n1. The molecule has 2 N–H and O–H groups in total. The van der Waals surface area contributed by atoms with Gasteiger partial charge in [-0.1, -0.05) is 5.16 Å². The van der Waals surface area contributed by atoms with Crippen LogP contribution in [0.2, 0.25) is 0 Å². The minimum Gasteiger partial charge on any atom is -0.384 e. The van der Waals surface area contributed by atoms with Gasteiger partial charge < -0.3 is 10.3 Å². The Balaban J connectivity index is 2.86. The third-order valence-corrected chi connectivity index (χ3v) is 1.24. The fourth-order valence-electron chi connectivity index (χ4n) is 0.780. The molecule has 0 radical (unpaired) electrons. The van der Waals surface area contributed by atoms with Gasteiger partial charge in [-0.05, 0) is 12.1 Å². The Morgan fingerprint density at radius 1 is 1.30 bits per heavy atom. The summed E-state index contributed by atoms with van der Waals surface area (Å²) in [6.07, 6.45) is 1.46. The van der Waals surface area contributed by atoms with Crippen LogP contribution in [0, 0.1) is 0 Å². The van der Waals surface area contributed by atoms with Crippen molar-refractivity contribution in [3.05, 3.63) is 18.4 Å². The average molecular weight is 135 g/mol. The number of hydrogen-bond acceptors (Lipinski definition) is 4. The zero-order valence-corrected chi connectivity index (χ0v) is 5.11. The van der Waals surface area contributed by atoms with Crippen LogP contribution in [-0.4, -0.2) is 10.1 Å². The van der Waals surface area contributed by atoms with Crippen LogP contribution in [-0.2, 0) is 0 Å². The Kier molecular flexibility index (Phi) is 0.887. The summed E-state index contributed by atoms with van der Waals surface area (Å²) in [6, 6.07) is 3.45. The summed E-state index contributed by atoms with van der Waals surface area (Å²) in [5.41, 5.74) is 6.83. The molecule has 0 amide bonds. The zero-order chi connectivity index (χ0) is 6.97. The van der Waals surface area contributed by atoms with Crippen LogP contribution >= 0.6 is 0 Å². The van der Waals surface area contributed by atoms with Gasteiger partial charge in [0.05, 0.1) is 0 Å². The summed E-state index contributed by atoms with van der Waals surface area (Å²) in [7, 11) is 0. The predicted molar refractivity (Wildman–Crippen MR) is 36.2 cm³/mol. The van der Waals surface area contributed by atoms with E-state index in [0.29, 0.717) is 11.3 Å². The van der Waals surface area contributed by atoms with Crippen molar-refractivity contribution in [2.24, 2.45) is 0 Å². The number of fused-ring (bicyclic) bond motifs is 1. The van der Waals surface area contributed by atoms with E-state index in [0.717, 1.165) is 5.52 Å². The molecule has 0 spiro atoms. The molecule has 0 fully saturated rings. The molecule has 0 saturated carbocycles. The van der Waals surface area contributed by atoms with Crippen LogP contribution < -0.4 is 5.73 Å². The van der Waals surface area contributed by atoms with Gasteiger partial charge in [0.1, 0.15) is 23.1 Å². The van der Waals surface area contributed by atoms with Crippen LogP contribution in [0.1, 0.15) is 0 Å². The molecular weight excluding hydrogens is 130 g/mol. The number of nitrogens with zero attached hydrogens (tertiary/aromatic N) is 2. The third kappa shape index (κ3) is 0.621. The van der Waals surface area contributed by atoms with E-state index in [1.54, 1.807) is 12.1 Å². The lowest BCUT2D eigenvalue weighted by atomic mass is 10.4. The Morgan fingerprint density at radius 3 is 3.10 bits per heavy atom. The molecule has 0 aliphatic rings. The Labute approximate surface area is 56.6 Å². The van der Waals surface area contributed by atoms with Crippen molar-refractivity contribution in [1.82, 2.24) is 10.1 Å². The minimum absolute atomic E-state index is 0.482. The number of aromatic nitrogens is 2. The molecule has 4 nitrogen and oxygen atoms in total. The molecule has 0 atom stereocenters. The Morgan fingerprint density at radius 2 is 2.20 bits per heavy atom. The van der Waals surface area contributed by atoms with E-state index < -0.39 is 0 Å². The summed E-state index contributed by atoms with van der Waals surface area (Å²) in [4.78, 5) is 3.96. The van der Waals surface area contributed by atoms with Crippen LogP contribution in [0.25, 0.3) is 11.0 Å². The number of nitrogen functional groups attached to an aromatic ring is 1. The summed E-state index contributed by atoms with van der Waals surface area (Å²) in [6.45, 7) is 0. The van der Waals surface area contributed by atoms with E-state index in [-0.39, 0.29) is 0 Å². The summed E-state index contributed by atoms with van der Waals surface area (Å²) < 4.78 is 4.65. The largest absolute Gasteiger partial charge is 0.384 e. The first-order valence-corrected chi connectivity index (χ1v) is 2.83. The first-order chi connectivity index (χ1) is 4.86. The quantitative estimate of drug-likeness (QED) is 0.580. The zero-order valence-electron chi connectivity index (χ0n) is 5.11. The topological polar surface area (TPSA) is 64.9 Å². The molecule has 2 aromatic rings. The smallest absolute Gasteiger partial charge is 0.150 e. The maximum atomic E-state index is 5.40. The van der Waals surface area contributed by atoms with Crippen molar-refractivity contribution in [1.29, 1.82) is 0 Å². The average Bonchev–Trinajstić information content (AvgIpc) is 2.33. The van der Waals surface area contributed by atoms with E-state index in [2.05, 4.69) is 14.7 Å². The van der Waals surface area contributed by atoms with Crippen molar-refractivity contribution in [3.63, 3.8) is 0 Å². The van der Waals surface area contributed by atoms with E-state index in [1.165, 1.54) is 6.26 Å². The third-order valence-electron chi connectivity index (χ3n) is 1.24. The van der Waals surface area contributed by atoms with E-state index in [9.17, 15) is 0 Å². The summed E-state index contributed by atoms with van der Waals surface area (Å²) >= 11 is 0. The van der Waals surface area contributed by atoms with Gasteiger partial charge in [0.2, 0.25) is 0 Å². The van der Waals surface area contributed by atoms with Gasteiger partial charge >= 0.3 is 0 Å². The fraction of sp³-hybridized carbons (Fsp3) is 0. The molecule has 4 heteroatoms. The van der Waals surface area contributed by atoms with Crippen LogP contribution in [0.3, 0.4) is 0 Å². The lowest BCUT2D eigenvalue weighted by Gasteiger charge is -1.87. The maximum absolute atomic E-state index is 5.40. The Hall–Kier alpha value is -1.58. The highest BCUT2D eigenvalue weighted by atomic mass is 16.5. The van der Waals surface area contributed by atoms with E-state index in [1.807, 2.05) is 0 Å². The van der Waals surface area contributed by atoms with Crippen molar-refractivity contribution in [2.75, 3.05) is 5.73 Å². The first kappa shape index (κ1) is 5.22. The summed E-state index contributed by atoms with van der Waals surface area (Å²) in [5, 5.41) is 3.67. The molecule has 0 unspecified atom stereocenters. The molecule has 2 rings (SSSR count). The Bertz CT molecular complexity index is 355. The maximum Gasteiger partial charge on any atom is 0.150 e. The van der Waals surface area contributed by atoms with Gasteiger partial charge in [0, 0.05) is 0 Å². The molecule has 2 aromatic heterocycles. The molecule has 0 bridgehead atoms. The highest BCUT2D eigenvalue weighted by Gasteiger charge is 1.97. The second-order valence-electron chi connectivity index (χ2n) is 1.96. The van der Waals surface area contributed by atoms with Gasteiger partial charge in [0.15, 0.2) is 0 Å². The highest BCUT2D eigenvalue weighted by molar-refractivity contribution is 5.73. The second kappa shape index (κ2) is 1.70. The van der Waals surface area contributed by atoms with E-state index in [4.69, 9.17) is 5.73 Å². The van der Waals surface area contributed by atoms with Gasteiger partial charge in [-0.25, -0.2) is 4.98 Å². The van der Waals surface area contributed by atoms with Gasteiger partial charge in [0.25, 0.3) is 0 Å². The van der Waals surface area contributed by atoms with Crippen molar-refractivity contribution in [2.45, 2.75) is 0 Å². The highest BCUT2D eigenvalue weighted by Crippen LogP contribution is 2.09. The normalized spacial score (nSPS) is 10.4. The lowest BCUT2D eigenvalue weighted by molar-refractivity contribution is 0.428. The number of hydrogen-bond donors (Lipinski definition) is 1. The molecule has 50 valence electrons. The number of nitrogens with two attached hydrogens (primary N) is 1. The van der Waals surface area contributed by atoms with Gasteiger partial charge in [-0.2, -0.15) is 0 Å². The standard InChI is InChI=1S/C6H5N3O/c7-6-2-1-4-5(8-6)3-10-9-4/h1-3H,(H2,7,8). The molecule has 0 aliphatic carbocycles. The fourth-order valence-corrected chi connectivity index (χ4v) is 0.780. The minimum atomic E-state index is 0.482. The summed E-state index contributed by atoms with van der Waals surface area (Å²) in [5.74, 6) is 0.482. The van der Waals surface area contributed by atoms with Crippen LogP contribution in [0.5, 0.6) is 0 Å². The van der Waals surface area contributed by atoms with Crippen LogP contribution in [0.15, 0.2) is 22.9 Å². The van der Waals surface area contributed by atoms with Gasteiger partial charge in [-0.15, -0.1) is 0 Å². The van der Waals surface area contributed by atoms with E-state index >= 15 is 0 Å². The number of pyridine rings is 1. The lowest BCUT2D eigenvalue weighted by Crippen LogP contribution is -1.87. The van der Waals surface area contributed by atoms with Gasteiger partial charge in [-0.3, -0.25) is 0 Å². The number of rotatable bonds is 0. The predicted octanol–water partition coefficient (Wildman–Crippen LogP) is 0.805. The van der Waals surface area contributed by atoms with Crippen molar-refractivity contribution < 1.29 is 4.52 Å². The molecule has 0 saturated heterocycles. The number of anilines is 1. The first-order valence-electron chi connectivity index (χ1n) is 2.83. The molecular formula is C6H5N3O. The monoisotopic (exact) mass is 135 g/mol. The molecule has 10 heavy (non-hydrogen) atoms. The molecule has 0 aromatic carbocycles. The molecule has 2 heterocycles. The molecule has 0 aliphatic heterocycles. The van der Waals surface area contributed by atoms with Crippen molar-refractivity contribution in [3.8, 4) is 0 Å².